The maximum absolute atomic E-state index is 12.0. The third kappa shape index (κ3) is 11.0. The summed E-state index contributed by atoms with van der Waals surface area (Å²) in [7, 11) is -5.16. The molecule has 128 valence electrons. The quantitative estimate of drug-likeness (QED) is 0.496. The molecule has 0 rings (SSSR count). The Morgan fingerprint density at radius 3 is 1.52 bits per heavy atom. The van der Waals surface area contributed by atoms with Crippen LogP contribution in [0.2, 0.25) is 0 Å². The summed E-state index contributed by atoms with van der Waals surface area (Å²) in [5.41, 5.74) is -5.20. The van der Waals surface area contributed by atoms with Gasteiger partial charge in [0.05, 0.1) is 0 Å². The molecule has 0 radical (unpaired) electrons. The van der Waals surface area contributed by atoms with Crippen molar-refractivity contribution >= 4 is 10.0 Å². The molecule has 0 saturated heterocycles. The number of hydrogen-bond acceptors (Lipinski definition) is 2. The standard InChI is InChI=1S/C14H28F3NO2S/c1-2-3-4-5-6-7-8-9-10-11-12-13-18-21(19,20)14(15,16)17/h18H,2-13H2,1H3. The summed E-state index contributed by atoms with van der Waals surface area (Å²) in [6.07, 6.45) is 12.0. The Balaban J connectivity index is 3.34. The maximum atomic E-state index is 12.0. The Kier molecular flexibility index (Phi) is 11.1. The molecule has 3 nitrogen and oxygen atoms in total. The molecule has 7 heteroatoms. The van der Waals surface area contributed by atoms with Crippen molar-refractivity contribution in [2.75, 3.05) is 6.54 Å². The maximum Gasteiger partial charge on any atom is 0.511 e. The van der Waals surface area contributed by atoms with Crippen LogP contribution in [0.25, 0.3) is 0 Å². The van der Waals surface area contributed by atoms with Gasteiger partial charge in [-0.05, 0) is 6.42 Å². The SMILES string of the molecule is CCCCCCCCCCCCCNS(=O)(=O)C(F)(F)F. The summed E-state index contributed by atoms with van der Waals surface area (Å²) in [5.74, 6) is 0. The molecular formula is C14H28F3NO2S. The van der Waals surface area contributed by atoms with E-state index >= 15 is 0 Å². The number of hydrogen-bond donors (Lipinski definition) is 1. The Labute approximate surface area is 126 Å². The van der Waals surface area contributed by atoms with Crippen LogP contribution in [0.5, 0.6) is 0 Å². The molecule has 0 aromatic rings. The van der Waals surface area contributed by atoms with E-state index < -0.39 is 15.5 Å². The Morgan fingerprint density at radius 2 is 1.14 bits per heavy atom. The molecular weight excluding hydrogens is 303 g/mol. The lowest BCUT2D eigenvalue weighted by Gasteiger charge is -2.09. The smallest absolute Gasteiger partial charge is 0.207 e. The number of nitrogens with one attached hydrogen (secondary N) is 1. The second-order valence-corrected chi connectivity index (χ2v) is 7.14. The van der Waals surface area contributed by atoms with Crippen molar-refractivity contribution in [2.45, 2.75) is 83.1 Å². The average molecular weight is 331 g/mol. The lowest BCUT2D eigenvalue weighted by atomic mass is 10.1. The summed E-state index contributed by atoms with van der Waals surface area (Å²) in [4.78, 5) is 0. The van der Waals surface area contributed by atoms with Crippen LogP contribution in [0.1, 0.15) is 77.6 Å². The van der Waals surface area contributed by atoms with Crippen molar-refractivity contribution in [3.8, 4) is 0 Å². The van der Waals surface area contributed by atoms with Gasteiger partial charge in [-0.1, -0.05) is 71.1 Å². The lowest BCUT2D eigenvalue weighted by molar-refractivity contribution is -0.0447. The highest BCUT2D eigenvalue weighted by Gasteiger charge is 2.45. The second kappa shape index (κ2) is 11.3. The third-order valence-electron chi connectivity index (χ3n) is 3.38. The molecule has 0 amide bonds. The Hall–Kier alpha value is -0.300. The van der Waals surface area contributed by atoms with Gasteiger partial charge in [0.15, 0.2) is 0 Å². The van der Waals surface area contributed by atoms with Gasteiger partial charge in [0, 0.05) is 6.54 Å². The molecule has 0 aliphatic rings. The summed E-state index contributed by atoms with van der Waals surface area (Å²) in [5, 5.41) is 0. The molecule has 0 saturated carbocycles. The predicted molar refractivity (Wildman–Crippen MR) is 79.4 cm³/mol. The first-order valence-electron chi connectivity index (χ1n) is 7.87. The summed E-state index contributed by atoms with van der Waals surface area (Å²) < 4.78 is 59.0. The number of alkyl halides is 3. The van der Waals surface area contributed by atoms with E-state index in [0.29, 0.717) is 6.42 Å². The molecule has 0 unspecified atom stereocenters. The van der Waals surface area contributed by atoms with Gasteiger partial charge in [-0.25, -0.2) is 13.1 Å². The van der Waals surface area contributed by atoms with Crippen molar-refractivity contribution in [2.24, 2.45) is 0 Å². The number of halogens is 3. The zero-order valence-electron chi connectivity index (χ0n) is 12.8. The number of rotatable bonds is 13. The molecule has 1 N–H and O–H groups in total. The van der Waals surface area contributed by atoms with Crippen LogP contribution in [-0.4, -0.2) is 20.5 Å². The van der Waals surface area contributed by atoms with E-state index in [0.717, 1.165) is 25.7 Å². The third-order valence-corrected chi connectivity index (χ3v) is 4.57. The molecule has 0 aliphatic heterocycles. The van der Waals surface area contributed by atoms with Gasteiger partial charge in [-0.15, -0.1) is 0 Å². The zero-order valence-corrected chi connectivity index (χ0v) is 13.7. The van der Waals surface area contributed by atoms with Crippen molar-refractivity contribution in [1.82, 2.24) is 4.72 Å². The van der Waals surface area contributed by atoms with Crippen molar-refractivity contribution in [3.63, 3.8) is 0 Å². The van der Waals surface area contributed by atoms with Crippen LogP contribution >= 0.6 is 0 Å². The van der Waals surface area contributed by atoms with Crippen LogP contribution in [0.4, 0.5) is 13.2 Å². The van der Waals surface area contributed by atoms with E-state index in [1.54, 1.807) is 4.72 Å². The lowest BCUT2D eigenvalue weighted by Crippen LogP contribution is -2.36. The topological polar surface area (TPSA) is 46.2 Å². The minimum atomic E-state index is -5.20. The summed E-state index contributed by atoms with van der Waals surface area (Å²) in [6.45, 7) is 2.05. The molecule has 0 spiro atoms. The molecule has 0 aromatic carbocycles. The van der Waals surface area contributed by atoms with Crippen LogP contribution in [-0.2, 0) is 10.0 Å². The fourth-order valence-corrected chi connectivity index (χ4v) is 2.65. The highest BCUT2D eigenvalue weighted by molar-refractivity contribution is 7.90. The van der Waals surface area contributed by atoms with Gasteiger partial charge in [-0.3, -0.25) is 0 Å². The fourth-order valence-electron chi connectivity index (χ4n) is 2.08. The van der Waals surface area contributed by atoms with Gasteiger partial charge < -0.3 is 0 Å². The van der Waals surface area contributed by atoms with Crippen LogP contribution in [0, 0.1) is 0 Å². The zero-order chi connectivity index (χ0) is 16.2. The molecule has 0 atom stereocenters. The number of unbranched alkanes of at least 4 members (excludes halogenated alkanes) is 10. The highest BCUT2D eigenvalue weighted by atomic mass is 32.2. The normalized spacial score (nSPS) is 12.8. The van der Waals surface area contributed by atoms with Gasteiger partial charge in [0.25, 0.3) is 0 Å². The number of sulfonamides is 1. The Morgan fingerprint density at radius 1 is 0.762 bits per heavy atom. The molecule has 0 heterocycles. The van der Waals surface area contributed by atoms with Gasteiger partial charge in [0.1, 0.15) is 0 Å². The van der Waals surface area contributed by atoms with Gasteiger partial charge in [0.2, 0.25) is 0 Å². The van der Waals surface area contributed by atoms with Gasteiger partial charge in [-0.2, -0.15) is 13.2 Å². The van der Waals surface area contributed by atoms with Crippen LogP contribution < -0.4 is 4.72 Å². The van der Waals surface area contributed by atoms with Crippen LogP contribution in [0.15, 0.2) is 0 Å². The minimum absolute atomic E-state index is 0.140. The van der Waals surface area contributed by atoms with E-state index in [9.17, 15) is 21.6 Å². The van der Waals surface area contributed by atoms with E-state index in [1.165, 1.54) is 38.5 Å². The van der Waals surface area contributed by atoms with E-state index in [-0.39, 0.29) is 6.54 Å². The monoisotopic (exact) mass is 331 g/mol. The average Bonchev–Trinajstić information content (AvgIpc) is 2.38. The van der Waals surface area contributed by atoms with E-state index in [4.69, 9.17) is 0 Å². The minimum Gasteiger partial charge on any atom is -0.207 e. The molecule has 0 bridgehead atoms. The van der Waals surface area contributed by atoms with E-state index in [1.807, 2.05) is 0 Å². The molecule has 0 aromatic heterocycles. The summed E-state index contributed by atoms with van der Waals surface area (Å²) in [6, 6.07) is 0. The first-order chi connectivity index (χ1) is 9.81. The van der Waals surface area contributed by atoms with Crippen molar-refractivity contribution < 1.29 is 21.6 Å². The highest BCUT2D eigenvalue weighted by Crippen LogP contribution is 2.21. The van der Waals surface area contributed by atoms with Gasteiger partial charge >= 0.3 is 15.5 Å². The predicted octanol–water partition coefficient (Wildman–Crippen LogP) is 4.74. The van der Waals surface area contributed by atoms with Crippen LogP contribution in [0.3, 0.4) is 0 Å². The molecule has 0 fully saturated rings. The fraction of sp³-hybridized carbons (Fsp3) is 1.00. The second-order valence-electron chi connectivity index (χ2n) is 5.38. The first-order valence-corrected chi connectivity index (χ1v) is 9.35. The van der Waals surface area contributed by atoms with Crippen molar-refractivity contribution in [3.05, 3.63) is 0 Å². The van der Waals surface area contributed by atoms with Crippen molar-refractivity contribution in [1.29, 1.82) is 0 Å². The summed E-state index contributed by atoms with van der Waals surface area (Å²) >= 11 is 0. The first kappa shape index (κ1) is 20.7. The Bertz CT molecular complexity index is 343. The largest absolute Gasteiger partial charge is 0.511 e. The van der Waals surface area contributed by atoms with E-state index in [2.05, 4.69) is 6.92 Å². The molecule has 21 heavy (non-hydrogen) atoms. The molecule has 0 aliphatic carbocycles.